The summed E-state index contributed by atoms with van der Waals surface area (Å²) in [4.78, 5) is 23.3. The second kappa shape index (κ2) is 9.10. The first-order valence-electron chi connectivity index (χ1n) is 6.60. The normalized spacial score (nSPS) is 11.6. The summed E-state index contributed by atoms with van der Waals surface area (Å²) in [6, 6.07) is 6.83. The molecule has 0 saturated carbocycles. The van der Waals surface area contributed by atoms with E-state index < -0.39 is 5.91 Å². The van der Waals surface area contributed by atoms with E-state index in [0.717, 1.165) is 6.08 Å². The summed E-state index contributed by atoms with van der Waals surface area (Å²) < 4.78 is 0. The molecule has 1 aromatic rings. The van der Waals surface area contributed by atoms with Crippen LogP contribution in [0.4, 0.5) is 0 Å². The predicted octanol–water partition coefficient (Wildman–Crippen LogP) is 2.58. The summed E-state index contributed by atoms with van der Waals surface area (Å²) in [6.45, 7) is 5.38. The summed E-state index contributed by atoms with van der Waals surface area (Å²) in [7, 11) is 0. The lowest BCUT2D eigenvalue weighted by Crippen LogP contribution is -2.22. The number of rotatable bonds is 6. The molecule has 114 valence electrons. The smallest absolute Gasteiger partial charge is 0.267 e. The minimum atomic E-state index is -0.668. The molecule has 0 saturated heterocycles. The highest BCUT2D eigenvalue weighted by Crippen LogP contribution is 2.11. The Kier molecular flexibility index (Phi) is 7.08. The fourth-order valence-corrected chi connectivity index (χ4v) is 1.63. The zero-order valence-electron chi connectivity index (χ0n) is 12.2. The molecule has 5 heteroatoms. The van der Waals surface area contributed by atoms with Crippen molar-refractivity contribution in [3.8, 4) is 0 Å². The van der Waals surface area contributed by atoms with Crippen molar-refractivity contribution in [3.63, 3.8) is 0 Å². The first-order valence-corrected chi connectivity index (χ1v) is 6.60. The van der Waals surface area contributed by atoms with E-state index in [1.165, 1.54) is 11.6 Å². The first-order chi connectivity index (χ1) is 10.6. The second-order valence-electron chi connectivity index (χ2n) is 4.19. The Hall–Kier alpha value is -2.92. The fourth-order valence-electron chi connectivity index (χ4n) is 1.63. The molecule has 0 spiro atoms. The van der Waals surface area contributed by atoms with Gasteiger partial charge in [0.2, 0.25) is 0 Å². The minimum Gasteiger partial charge on any atom is -0.322 e. The number of nitrogens with one attached hydrogen (secondary N) is 2. The molecule has 0 atom stereocenters. The van der Waals surface area contributed by atoms with E-state index in [9.17, 15) is 9.59 Å². The number of amides is 2. The maximum absolute atomic E-state index is 12.3. The molecule has 0 bridgehead atoms. The van der Waals surface area contributed by atoms with Gasteiger partial charge in [0, 0.05) is 17.3 Å². The topological polar surface area (TPSA) is 78.4 Å². The Labute approximate surface area is 129 Å². The molecule has 22 heavy (non-hydrogen) atoms. The summed E-state index contributed by atoms with van der Waals surface area (Å²) in [5.41, 5.74) is 3.11. The van der Waals surface area contributed by atoms with Gasteiger partial charge in [0.25, 0.3) is 11.8 Å². The van der Waals surface area contributed by atoms with Crippen LogP contribution in [0, 0.1) is 0 Å². The van der Waals surface area contributed by atoms with E-state index in [0.29, 0.717) is 16.8 Å². The monoisotopic (exact) mass is 298 g/mol. The van der Waals surface area contributed by atoms with Gasteiger partial charge in [-0.15, -0.1) is 0 Å². The highest BCUT2D eigenvalue weighted by atomic mass is 16.5. The number of hydrogen-bond acceptors (Lipinski definition) is 3. The molecule has 5 nitrogen and oxygen atoms in total. The van der Waals surface area contributed by atoms with E-state index in [2.05, 4.69) is 11.9 Å². The molecule has 0 fully saturated rings. The number of allylic oxidation sites excluding steroid dienone is 4. The lowest BCUT2D eigenvalue weighted by Gasteiger charge is -2.08. The van der Waals surface area contributed by atoms with Crippen LogP contribution < -0.4 is 10.8 Å². The Morgan fingerprint density at radius 3 is 2.59 bits per heavy atom. The van der Waals surface area contributed by atoms with Crippen molar-refractivity contribution < 1.29 is 14.8 Å². The third kappa shape index (κ3) is 5.22. The number of carbonyl (C=O) groups is 2. The van der Waals surface area contributed by atoms with Crippen LogP contribution in [0.25, 0.3) is 6.08 Å². The van der Waals surface area contributed by atoms with Crippen LogP contribution in [0.15, 0.2) is 66.9 Å². The minimum absolute atomic E-state index is 0.300. The standard InChI is InChI=1S/C17H18N2O3/c1-3-5-9-14(4-2)18-17(21)15-10-7-6-8-13(15)11-12-16(20)19-22/h3-12,22H,1H2,2H3,(H,18,21)(H,19,20)/b9-5-,12-11+,14-4+. The van der Waals surface area contributed by atoms with E-state index >= 15 is 0 Å². The Bertz CT molecular complexity index is 643. The largest absolute Gasteiger partial charge is 0.322 e. The zero-order chi connectivity index (χ0) is 16.4. The van der Waals surface area contributed by atoms with Crippen molar-refractivity contribution in [2.75, 3.05) is 0 Å². The molecule has 1 rings (SSSR count). The predicted molar refractivity (Wildman–Crippen MR) is 86.0 cm³/mol. The van der Waals surface area contributed by atoms with Crippen LogP contribution in [-0.4, -0.2) is 17.0 Å². The molecule has 0 aliphatic rings. The van der Waals surface area contributed by atoms with E-state index in [1.807, 2.05) is 0 Å². The van der Waals surface area contributed by atoms with Crippen molar-refractivity contribution in [3.05, 3.63) is 78.0 Å². The second-order valence-corrected chi connectivity index (χ2v) is 4.19. The van der Waals surface area contributed by atoms with Gasteiger partial charge in [-0.3, -0.25) is 14.8 Å². The van der Waals surface area contributed by atoms with Crippen LogP contribution >= 0.6 is 0 Å². The van der Waals surface area contributed by atoms with Crippen molar-refractivity contribution in [1.29, 1.82) is 0 Å². The highest BCUT2D eigenvalue weighted by molar-refractivity contribution is 6.00. The van der Waals surface area contributed by atoms with E-state index in [4.69, 9.17) is 5.21 Å². The molecule has 2 amide bonds. The van der Waals surface area contributed by atoms with Gasteiger partial charge in [-0.25, -0.2) is 5.48 Å². The third-order valence-corrected chi connectivity index (χ3v) is 2.71. The van der Waals surface area contributed by atoms with Gasteiger partial charge < -0.3 is 5.32 Å². The van der Waals surface area contributed by atoms with Gasteiger partial charge in [0.1, 0.15) is 0 Å². The number of carbonyl (C=O) groups excluding carboxylic acids is 2. The molecule has 0 unspecified atom stereocenters. The Morgan fingerprint density at radius 1 is 1.23 bits per heavy atom. The number of benzene rings is 1. The van der Waals surface area contributed by atoms with Crippen LogP contribution in [0.3, 0.4) is 0 Å². The van der Waals surface area contributed by atoms with E-state index in [-0.39, 0.29) is 5.91 Å². The SMILES string of the molecule is C=C/C=C\C(=C/C)NC(=O)c1ccccc1/C=C/C(=O)NO. The molecule has 0 aliphatic carbocycles. The van der Waals surface area contributed by atoms with Crippen LogP contribution in [0.5, 0.6) is 0 Å². The molecular weight excluding hydrogens is 280 g/mol. The summed E-state index contributed by atoms with van der Waals surface area (Å²) in [5.74, 6) is -0.968. The van der Waals surface area contributed by atoms with Crippen LogP contribution in [0.1, 0.15) is 22.8 Å². The molecule has 1 aromatic carbocycles. The maximum atomic E-state index is 12.3. The summed E-state index contributed by atoms with van der Waals surface area (Å²) in [5, 5.41) is 11.2. The first kappa shape index (κ1) is 17.1. The molecular formula is C17H18N2O3. The highest BCUT2D eigenvalue weighted by Gasteiger charge is 2.09. The Balaban J connectivity index is 2.99. The zero-order valence-corrected chi connectivity index (χ0v) is 12.2. The molecule has 3 N–H and O–H groups in total. The third-order valence-electron chi connectivity index (χ3n) is 2.71. The van der Waals surface area contributed by atoms with Crippen molar-refractivity contribution in [2.45, 2.75) is 6.92 Å². The van der Waals surface area contributed by atoms with Crippen LogP contribution in [-0.2, 0) is 4.79 Å². The quantitative estimate of drug-likeness (QED) is 0.327. The lowest BCUT2D eigenvalue weighted by molar-refractivity contribution is -0.124. The summed E-state index contributed by atoms with van der Waals surface area (Å²) in [6.07, 6.45) is 9.40. The lowest BCUT2D eigenvalue weighted by atomic mass is 10.1. The number of hydrogen-bond donors (Lipinski definition) is 3. The van der Waals surface area contributed by atoms with Gasteiger partial charge in [0.05, 0.1) is 0 Å². The molecule has 0 radical (unpaired) electrons. The Morgan fingerprint density at radius 2 is 1.95 bits per heavy atom. The van der Waals surface area contributed by atoms with Gasteiger partial charge in [-0.1, -0.05) is 43.0 Å². The van der Waals surface area contributed by atoms with Crippen molar-refractivity contribution in [1.82, 2.24) is 10.8 Å². The fraction of sp³-hybridized carbons (Fsp3) is 0.0588. The van der Waals surface area contributed by atoms with Gasteiger partial charge in [-0.2, -0.15) is 0 Å². The van der Waals surface area contributed by atoms with Gasteiger partial charge in [-0.05, 0) is 30.7 Å². The van der Waals surface area contributed by atoms with Crippen molar-refractivity contribution in [2.24, 2.45) is 0 Å². The average molecular weight is 298 g/mol. The van der Waals surface area contributed by atoms with Crippen molar-refractivity contribution >= 4 is 17.9 Å². The molecule has 0 aliphatic heterocycles. The average Bonchev–Trinajstić information content (AvgIpc) is 2.56. The molecule has 0 heterocycles. The van der Waals surface area contributed by atoms with Crippen LogP contribution in [0.2, 0.25) is 0 Å². The van der Waals surface area contributed by atoms with Gasteiger partial charge >= 0.3 is 0 Å². The maximum Gasteiger partial charge on any atom is 0.267 e. The summed E-state index contributed by atoms with van der Waals surface area (Å²) >= 11 is 0. The number of hydroxylamine groups is 1. The molecule has 0 aromatic heterocycles. The van der Waals surface area contributed by atoms with Gasteiger partial charge in [0.15, 0.2) is 0 Å². The van der Waals surface area contributed by atoms with E-state index in [1.54, 1.807) is 55.5 Å².